The topological polar surface area (TPSA) is 68.7 Å². The van der Waals surface area contributed by atoms with Crippen molar-refractivity contribution in [2.75, 3.05) is 18.0 Å². The van der Waals surface area contributed by atoms with E-state index in [9.17, 15) is 0 Å². The zero-order chi connectivity index (χ0) is 16.8. The number of para-hydroxylation sites is 2. The van der Waals surface area contributed by atoms with Gasteiger partial charge in [-0.15, -0.1) is 0 Å². The summed E-state index contributed by atoms with van der Waals surface area (Å²) in [4.78, 5) is 8.30. The Kier molecular flexibility index (Phi) is 5.11. The second kappa shape index (κ2) is 7.64. The molecule has 5 nitrogen and oxygen atoms in total. The smallest absolute Gasteiger partial charge is 0.208 e. The normalized spacial score (nSPS) is 15.2. The summed E-state index contributed by atoms with van der Waals surface area (Å²) in [5, 5.41) is 8.67. The first-order valence-electron chi connectivity index (χ1n) is 8.33. The van der Waals surface area contributed by atoms with E-state index in [0.717, 1.165) is 37.3 Å². The number of likely N-dealkylation sites (tertiary alicyclic amines) is 1. The van der Waals surface area contributed by atoms with E-state index in [2.05, 4.69) is 9.89 Å². The molecule has 0 saturated carbocycles. The number of nitrogens with one attached hydrogen (secondary N) is 1. The molecule has 1 heterocycles. The first kappa shape index (κ1) is 16.1. The van der Waals surface area contributed by atoms with Gasteiger partial charge >= 0.3 is 0 Å². The van der Waals surface area contributed by atoms with Gasteiger partial charge in [-0.1, -0.05) is 36.4 Å². The van der Waals surface area contributed by atoms with Crippen LogP contribution in [-0.2, 0) is 0 Å². The fourth-order valence-electron chi connectivity index (χ4n) is 2.87. The summed E-state index contributed by atoms with van der Waals surface area (Å²) in [6.07, 6.45) is 3.45. The molecule has 24 heavy (non-hydrogen) atoms. The maximum atomic E-state index is 8.67. The molecule has 0 spiro atoms. The minimum atomic E-state index is 0.308. The quantitative estimate of drug-likeness (QED) is 0.656. The molecule has 2 aromatic rings. The standard InChI is InChI=1S/C19H23N5/c20-18(22-16-10-4-1-5-11-16)24(17-12-6-2-7-13-17)19(21)23-14-8-3-9-15-23/h1-2,4-7,10-13,21H,3,8-9,14-15H2,(H2,20,22). The van der Waals surface area contributed by atoms with Crippen LogP contribution < -0.4 is 10.6 Å². The van der Waals surface area contributed by atoms with Crippen LogP contribution in [0.4, 0.5) is 11.4 Å². The molecule has 3 N–H and O–H groups in total. The van der Waals surface area contributed by atoms with Gasteiger partial charge in [0.05, 0.1) is 11.4 Å². The van der Waals surface area contributed by atoms with E-state index in [-0.39, 0.29) is 0 Å². The second-order valence-electron chi connectivity index (χ2n) is 5.85. The number of nitrogens with two attached hydrogens (primary N) is 1. The summed E-state index contributed by atoms with van der Waals surface area (Å²) >= 11 is 0. The Hall–Kier alpha value is -2.82. The summed E-state index contributed by atoms with van der Waals surface area (Å²) in [5.41, 5.74) is 7.93. The fraction of sp³-hybridized carbons (Fsp3) is 0.263. The number of aliphatic imine (C=N–C) groups is 1. The number of anilines is 1. The molecule has 124 valence electrons. The Bertz CT molecular complexity index is 690. The van der Waals surface area contributed by atoms with Crippen LogP contribution in [0, 0.1) is 5.41 Å². The van der Waals surface area contributed by atoms with Gasteiger partial charge < -0.3 is 10.6 Å². The van der Waals surface area contributed by atoms with Gasteiger partial charge in [0.1, 0.15) is 0 Å². The number of hydrogen-bond acceptors (Lipinski definition) is 2. The van der Waals surface area contributed by atoms with E-state index < -0.39 is 0 Å². The Labute approximate surface area is 142 Å². The Balaban J connectivity index is 1.93. The van der Waals surface area contributed by atoms with E-state index in [1.54, 1.807) is 4.90 Å². The summed E-state index contributed by atoms with van der Waals surface area (Å²) in [5.74, 6) is 0.695. The van der Waals surface area contributed by atoms with Gasteiger partial charge in [-0.3, -0.25) is 10.3 Å². The molecular formula is C19H23N5. The monoisotopic (exact) mass is 321 g/mol. The maximum absolute atomic E-state index is 8.67. The van der Waals surface area contributed by atoms with Crippen molar-refractivity contribution >= 4 is 23.3 Å². The third-order valence-corrected chi connectivity index (χ3v) is 4.11. The zero-order valence-electron chi connectivity index (χ0n) is 13.7. The van der Waals surface area contributed by atoms with Gasteiger partial charge in [-0.2, -0.15) is 0 Å². The lowest BCUT2D eigenvalue weighted by Crippen LogP contribution is -2.51. The van der Waals surface area contributed by atoms with E-state index in [0.29, 0.717) is 11.9 Å². The average Bonchev–Trinajstić information content (AvgIpc) is 2.64. The van der Waals surface area contributed by atoms with Gasteiger partial charge in [-0.05, 0) is 43.5 Å². The fourth-order valence-corrected chi connectivity index (χ4v) is 2.87. The average molecular weight is 321 g/mol. The van der Waals surface area contributed by atoms with Crippen molar-refractivity contribution in [1.29, 1.82) is 5.41 Å². The van der Waals surface area contributed by atoms with Crippen LogP contribution in [0.15, 0.2) is 65.7 Å². The summed E-state index contributed by atoms with van der Waals surface area (Å²) in [6.45, 7) is 1.78. The van der Waals surface area contributed by atoms with Crippen LogP contribution in [0.25, 0.3) is 0 Å². The zero-order valence-corrected chi connectivity index (χ0v) is 13.7. The SMILES string of the molecule is N=C(N1CCCCC1)N(C(N)=Nc1ccccc1)c1ccccc1. The van der Waals surface area contributed by atoms with Crippen LogP contribution in [0.1, 0.15) is 19.3 Å². The summed E-state index contributed by atoms with van der Waals surface area (Å²) < 4.78 is 0. The van der Waals surface area contributed by atoms with Gasteiger partial charge in [0.2, 0.25) is 11.9 Å². The minimum absolute atomic E-state index is 0.308. The highest BCUT2D eigenvalue weighted by atomic mass is 15.4. The van der Waals surface area contributed by atoms with E-state index in [1.807, 2.05) is 60.7 Å². The molecule has 2 aromatic carbocycles. The minimum Gasteiger partial charge on any atom is -0.369 e. The van der Waals surface area contributed by atoms with Crippen molar-refractivity contribution in [2.45, 2.75) is 19.3 Å². The molecule has 0 aliphatic carbocycles. The van der Waals surface area contributed by atoms with E-state index in [4.69, 9.17) is 11.1 Å². The van der Waals surface area contributed by atoms with Crippen molar-refractivity contribution in [3.63, 3.8) is 0 Å². The molecule has 5 heteroatoms. The number of hydrogen-bond donors (Lipinski definition) is 2. The number of nitrogens with zero attached hydrogens (tertiary/aromatic N) is 3. The first-order chi connectivity index (χ1) is 11.8. The highest BCUT2D eigenvalue weighted by Crippen LogP contribution is 2.19. The molecule has 1 aliphatic rings. The van der Waals surface area contributed by atoms with Crippen molar-refractivity contribution < 1.29 is 0 Å². The molecule has 0 radical (unpaired) electrons. The van der Waals surface area contributed by atoms with Crippen molar-refractivity contribution in [3.8, 4) is 0 Å². The highest BCUT2D eigenvalue weighted by Gasteiger charge is 2.23. The molecule has 0 atom stereocenters. The predicted octanol–water partition coefficient (Wildman–Crippen LogP) is 3.56. The van der Waals surface area contributed by atoms with Crippen LogP contribution in [0.2, 0.25) is 0 Å². The van der Waals surface area contributed by atoms with Gasteiger partial charge in [0.15, 0.2) is 0 Å². The van der Waals surface area contributed by atoms with Crippen molar-refractivity contribution in [3.05, 3.63) is 60.7 Å². The second-order valence-corrected chi connectivity index (χ2v) is 5.85. The number of piperidine rings is 1. The largest absolute Gasteiger partial charge is 0.369 e. The number of rotatable bonds is 2. The molecule has 0 bridgehead atoms. The maximum Gasteiger partial charge on any atom is 0.208 e. The number of benzene rings is 2. The molecule has 3 rings (SSSR count). The molecule has 0 amide bonds. The van der Waals surface area contributed by atoms with Crippen LogP contribution in [-0.4, -0.2) is 29.9 Å². The molecule has 1 aliphatic heterocycles. The van der Waals surface area contributed by atoms with E-state index >= 15 is 0 Å². The molecule has 1 fully saturated rings. The lowest BCUT2D eigenvalue weighted by atomic mass is 10.1. The van der Waals surface area contributed by atoms with E-state index in [1.165, 1.54) is 6.42 Å². The van der Waals surface area contributed by atoms with Crippen LogP contribution in [0.3, 0.4) is 0 Å². The Morgan fingerprint density at radius 3 is 2.12 bits per heavy atom. The van der Waals surface area contributed by atoms with Crippen LogP contribution >= 0.6 is 0 Å². The van der Waals surface area contributed by atoms with Crippen molar-refractivity contribution in [2.24, 2.45) is 10.7 Å². The molecule has 1 saturated heterocycles. The molecular weight excluding hydrogens is 298 g/mol. The highest BCUT2D eigenvalue weighted by molar-refractivity contribution is 6.16. The summed E-state index contributed by atoms with van der Waals surface area (Å²) in [7, 11) is 0. The molecule has 0 unspecified atom stereocenters. The Morgan fingerprint density at radius 2 is 1.50 bits per heavy atom. The lowest BCUT2D eigenvalue weighted by Gasteiger charge is -2.35. The summed E-state index contributed by atoms with van der Waals surface area (Å²) in [6, 6.07) is 19.3. The van der Waals surface area contributed by atoms with Gasteiger partial charge in [0.25, 0.3) is 0 Å². The Morgan fingerprint density at radius 1 is 0.917 bits per heavy atom. The van der Waals surface area contributed by atoms with Crippen molar-refractivity contribution in [1.82, 2.24) is 4.90 Å². The van der Waals surface area contributed by atoms with Gasteiger partial charge in [-0.25, -0.2) is 4.99 Å². The third kappa shape index (κ3) is 3.74. The third-order valence-electron chi connectivity index (χ3n) is 4.11. The van der Waals surface area contributed by atoms with Crippen LogP contribution in [0.5, 0.6) is 0 Å². The predicted molar refractivity (Wildman–Crippen MR) is 99.8 cm³/mol. The number of guanidine groups is 2. The molecule has 0 aromatic heterocycles. The lowest BCUT2D eigenvalue weighted by molar-refractivity contribution is 0.337. The first-order valence-corrected chi connectivity index (χ1v) is 8.33. The van der Waals surface area contributed by atoms with Gasteiger partial charge in [0, 0.05) is 13.1 Å².